The number of hydrogen-bond acceptors (Lipinski definition) is 5. The molecule has 1 aromatic rings. The minimum absolute atomic E-state index is 0.00309. The Labute approximate surface area is 232 Å². The molecule has 8 heteroatoms. The van der Waals surface area contributed by atoms with E-state index in [1.807, 2.05) is 39.0 Å². The summed E-state index contributed by atoms with van der Waals surface area (Å²) in [6.07, 6.45) is 6.16. The molecule has 3 amide bonds. The molecule has 0 radical (unpaired) electrons. The van der Waals surface area contributed by atoms with E-state index in [9.17, 15) is 19.5 Å². The third kappa shape index (κ3) is 4.51. The summed E-state index contributed by atoms with van der Waals surface area (Å²) >= 11 is 0. The van der Waals surface area contributed by atoms with Crippen molar-refractivity contribution in [2.24, 2.45) is 11.8 Å². The average molecular weight is 538 g/mol. The number of likely N-dealkylation sites (tertiary alicyclic amines) is 1. The maximum absolute atomic E-state index is 14.7. The summed E-state index contributed by atoms with van der Waals surface area (Å²) in [5.74, 6) is -1.96. The standard InChI is InChI=1S/C31H43N3O5/c1-7-17-32(6)27(36)23-24-28(37)34(19-10-11-20-35)26(31(24)16-15-30(23,9-3)39-31)29(38)33(18-8-2)25-21(4)13-12-14-22(25)5/h7-8,12-14,23-24,26,35H,1-2,9-11,15-20H2,3-6H3/t23-,24-,26?,30+,31?/m0/s1. The number of para-hydroxylation sites is 1. The van der Waals surface area contributed by atoms with Crippen LogP contribution in [0.25, 0.3) is 0 Å². The largest absolute Gasteiger partial charge is 0.396 e. The molecule has 2 bridgehead atoms. The van der Waals surface area contributed by atoms with Crippen molar-refractivity contribution in [3.8, 4) is 0 Å². The van der Waals surface area contributed by atoms with Crippen LogP contribution < -0.4 is 4.90 Å². The Bertz CT molecular complexity index is 1130. The van der Waals surface area contributed by atoms with Crippen molar-refractivity contribution < 1.29 is 24.2 Å². The fourth-order valence-electron chi connectivity index (χ4n) is 7.33. The molecular formula is C31H43N3O5. The first-order chi connectivity index (χ1) is 18.6. The Morgan fingerprint density at radius 1 is 1.13 bits per heavy atom. The molecule has 3 aliphatic heterocycles. The summed E-state index contributed by atoms with van der Waals surface area (Å²) in [5.41, 5.74) is 0.840. The molecule has 3 heterocycles. The second-order valence-corrected chi connectivity index (χ2v) is 11.3. The van der Waals surface area contributed by atoms with E-state index >= 15 is 0 Å². The Morgan fingerprint density at radius 3 is 2.38 bits per heavy atom. The highest BCUT2D eigenvalue weighted by molar-refractivity contribution is 6.05. The highest BCUT2D eigenvalue weighted by Gasteiger charge is 2.79. The van der Waals surface area contributed by atoms with E-state index in [-0.39, 0.29) is 30.9 Å². The zero-order chi connectivity index (χ0) is 28.5. The number of carbonyl (C=O) groups excluding carboxylic acids is 3. The number of ether oxygens (including phenoxy) is 1. The molecule has 4 rings (SSSR count). The van der Waals surface area contributed by atoms with E-state index in [1.165, 1.54) is 0 Å². The van der Waals surface area contributed by atoms with Gasteiger partial charge in [0.15, 0.2) is 0 Å². The van der Waals surface area contributed by atoms with E-state index in [2.05, 4.69) is 13.2 Å². The van der Waals surface area contributed by atoms with Gasteiger partial charge < -0.3 is 24.5 Å². The number of benzene rings is 1. The van der Waals surface area contributed by atoms with Crippen molar-refractivity contribution in [2.45, 2.75) is 70.1 Å². The molecule has 212 valence electrons. The number of fused-ring (bicyclic) bond motifs is 1. The molecule has 0 aromatic heterocycles. The molecule has 2 unspecified atom stereocenters. The second-order valence-electron chi connectivity index (χ2n) is 11.3. The third-order valence-electron chi connectivity index (χ3n) is 9.05. The van der Waals surface area contributed by atoms with Gasteiger partial charge in [-0.2, -0.15) is 0 Å². The maximum Gasteiger partial charge on any atom is 0.253 e. The third-order valence-corrected chi connectivity index (χ3v) is 9.05. The molecule has 3 fully saturated rings. The zero-order valence-corrected chi connectivity index (χ0v) is 23.8. The number of anilines is 1. The van der Waals surface area contributed by atoms with Crippen LogP contribution in [0.15, 0.2) is 43.5 Å². The minimum atomic E-state index is -1.09. The quantitative estimate of drug-likeness (QED) is 0.326. The number of amides is 3. The predicted molar refractivity (Wildman–Crippen MR) is 151 cm³/mol. The number of hydrogen-bond donors (Lipinski definition) is 1. The number of likely N-dealkylation sites (N-methyl/N-ethyl adjacent to an activating group) is 1. The maximum atomic E-state index is 14.7. The van der Waals surface area contributed by atoms with Gasteiger partial charge in [-0.3, -0.25) is 14.4 Å². The van der Waals surface area contributed by atoms with Crippen LogP contribution in [-0.2, 0) is 19.1 Å². The summed E-state index contributed by atoms with van der Waals surface area (Å²) < 4.78 is 6.89. The van der Waals surface area contributed by atoms with Crippen molar-refractivity contribution >= 4 is 23.4 Å². The van der Waals surface area contributed by atoms with E-state index < -0.39 is 29.1 Å². The van der Waals surface area contributed by atoms with E-state index in [1.54, 1.807) is 33.9 Å². The Balaban J connectivity index is 1.84. The smallest absolute Gasteiger partial charge is 0.253 e. The Hall–Kier alpha value is -2.97. The number of carbonyl (C=O) groups is 3. The van der Waals surface area contributed by atoms with Gasteiger partial charge in [0.1, 0.15) is 11.6 Å². The van der Waals surface area contributed by atoms with Crippen LogP contribution in [0.3, 0.4) is 0 Å². The normalized spacial score (nSPS) is 28.9. The summed E-state index contributed by atoms with van der Waals surface area (Å²) in [6, 6.07) is 5.03. The van der Waals surface area contributed by atoms with Crippen molar-refractivity contribution in [2.75, 3.05) is 38.2 Å². The number of aliphatic hydroxyl groups is 1. The van der Waals surface area contributed by atoms with Crippen LogP contribution in [0, 0.1) is 25.7 Å². The Kier molecular flexibility index (Phi) is 8.38. The molecule has 1 spiro atoms. The minimum Gasteiger partial charge on any atom is -0.396 e. The number of rotatable bonds is 12. The fourth-order valence-corrected chi connectivity index (χ4v) is 7.33. The molecule has 8 nitrogen and oxygen atoms in total. The molecule has 1 N–H and O–H groups in total. The number of aliphatic hydroxyl groups excluding tert-OH is 1. The van der Waals surface area contributed by atoms with Gasteiger partial charge in [0.25, 0.3) is 5.91 Å². The zero-order valence-electron chi connectivity index (χ0n) is 23.8. The van der Waals surface area contributed by atoms with Crippen molar-refractivity contribution in [3.05, 3.63) is 54.6 Å². The summed E-state index contributed by atoms with van der Waals surface area (Å²) in [4.78, 5) is 47.8. The van der Waals surface area contributed by atoms with E-state index in [0.29, 0.717) is 45.2 Å². The fraction of sp³-hybridized carbons (Fsp3) is 0.581. The number of nitrogens with zero attached hydrogens (tertiary/aromatic N) is 3. The molecular weight excluding hydrogens is 494 g/mol. The van der Waals surface area contributed by atoms with Crippen molar-refractivity contribution in [1.82, 2.24) is 9.80 Å². The molecule has 0 aliphatic carbocycles. The van der Waals surface area contributed by atoms with Gasteiger partial charge in [-0.15, -0.1) is 13.2 Å². The van der Waals surface area contributed by atoms with Crippen LogP contribution in [0.1, 0.15) is 50.2 Å². The average Bonchev–Trinajstić information content (AvgIpc) is 3.51. The van der Waals surface area contributed by atoms with Gasteiger partial charge in [0.2, 0.25) is 11.8 Å². The second kappa shape index (κ2) is 11.3. The van der Waals surface area contributed by atoms with E-state index in [0.717, 1.165) is 16.8 Å². The highest BCUT2D eigenvalue weighted by atomic mass is 16.5. The van der Waals surface area contributed by atoms with Crippen molar-refractivity contribution in [3.63, 3.8) is 0 Å². The lowest BCUT2D eigenvalue weighted by Gasteiger charge is -2.37. The molecule has 0 saturated carbocycles. The van der Waals surface area contributed by atoms with Crippen LogP contribution in [0.5, 0.6) is 0 Å². The SMILES string of the molecule is C=CCN(C)C(=O)[C@@H]1[C@H]2C(=O)N(CCCCO)C(C(=O)N(CC=C)c3c(C)cccc3C)C23CC[C@@]1(CC)O3. The molecule has 5 atom stereocenters. The lowest BCUT2D eigenvalue weighted by Crippen LogP contribution is -2.57. The summed E-state index contributed by atoms with van der Waals surface area (Å²) in [5, 5.41) is 9.43. The molecule has 3 saturated heterocycles. The first-order valence-electron chi connectivity index (χ1n) is 14.1. The monoisotopic (exact) mass is 537 g/mol. The molecule has 39 heavy (non-hydrogen) atoms. The van der Waals surface area contributed by atoms with Crippen LogP contribution in [0.2, 0.25) is 0 Å². The van der Waals surface area contributed by atoms with Gasteiger partial charge in [0, 0.05) is 39.0 Å². The first-order valence-corrected chi connectivity index (χ1v) is 14.1. The van der Waals surface area contributed by atoms with Gasteiger partial charge >= 0.3 is 0 Å². The van der Waals surface area contributed by atoms with Gasteiger partial charge in [-0.1, -0.05) is 37.3 Å². The molecule has 3 aliphatic rings. The van der Waals surface area contributed by atoms with E-state index in [4.69, 9.17) is 4.74 Å². The summed E-state index contributed by atoms with van der Waals surface area (Å²) in [7, 11) is 1.72. The topological polar surface area (TPSA) is 90.4 Å². The van der Waals surface area contributed by atoms with Crippen LogP contribution >= 0.6 is 0 Å². The first kappa shape index (κ1) is 29.0. The predicted octanol–water partition coefficient (Wildman–Crippen LogP) is 3.39. The van der Waals surface area contributed by atoms with Crippen LogP contribution in [-0.4, -0.2) is 83.2 Å². The summed E-state index contributed by atoms with van der Waals surface area (Å²) in [6.45, 7) is 14.6. The van der Waals surface area contributed by atoms with Gasteiger partial charge in [-0.05, 0) is 57.1 Å². The lowest BCUT2D eigenvalue weighted by molar-refractivity contribution is -0.150. The number of aryl methyl sites for hydroxylation is 2. The highest BCUT2D eigenvalue weighted by Crippen LogP contribution is 2.64. The van der Waals surface area contributed by atoms with Gasteiger partial charge in [0.05, 0.1) is 17.4 Å². The van der Waals surface area contributed by atoms with Gasteiger partial charge in [-0.25, -0.2) is 0 Å². The Morgan fingerprint density at radius 2 is 1.79 bits per heavy atom. The van der Waals surface area contributed by atoms with Crippen molar-refractivity contribution in [1.29, 1.82) is 0 Å². The molecule has 1 aromatic carbocycles. The number of unbranched alkanes of at least 4 members (excludes halogenated alkanes) is 1. The lowest BCUT2D eigenvalue weighted by atomic mass is 9.64. The van der Waals surface area contributed by atoms with Crippen LogP contribution in [0.4, 0.5) is 5.69 Å².